The van der Waals surface area contributed by atoms with Gasteiger partial charge < -0.3 is 9.73 Å². The minimum absolute atomic E-state index is 0.0280. The van der Waals surface area contributed by atoms with Gasteiger partial charge in [-0.25, -0.2) is 13.6 Å². The van der Waals surface area contributed by atoms with Crippen molar-refractivity contribution in [3.05, 3.63) is 23.7 Å². The molecule has 90 valence electrons. The van der Waals surface area contributed by atoms with Gasteiger partial charge >= 0.3 is 0 Å². The van der Waals surface area contributed by atoms with Gasteiger partial charge in [-0.05, 0) is 12.1 Å². The maximum atomic E-state index is 11.4. The van der Waals surface area contributed by atoms with Crippen LogP contribution in [-0.4, -0.2) is 26.6 Å². The highest BCUT2D eigenvalue weighted by atomic mass is 32.2. The van der Waals surface area contributed by atoms with Crippen molar-refractivity contribution in [3.8, 4) is 0 Å². The van der Waals surface area contributed by atoms with Crippen LogP contribution in [0.3, 0.4) is 0 Å². The van der Waals surface area contributed by atoms with E-state index in [2.05, 4.69) is 5.32 Å². The van der Waals surface area contributed by atoms with Crippen LogP contribution in [0.4, 0.5) is 0 Å². The number of rotatable bonds is 5. The van der Waals surface area contributed by atoms with Crippen LogP contribution in [0.15, 0.2) is 16.5 Å². The number of carbonyl (C=O) groups excluding carboxylic acids is 1. The summed E-state index contributed by atoms with van der Waals surface area (Å²) in [5.74, 6) is 0.145. The van der Waals surface area contributed by atoms with Crippen molar-refractivity contribution in [1.29, 1.82) is 0 Å². The van der Waals surface area contributed by atoms with E-state index in [1.165, 1.54) is 0 Å². The molecule has 1 aromatic heterocycles. The lowest BCUT2D eigenvalue weighted by Gasteiger charge is -2.01. The van der Waals surface area contributed by atoms with Crippen LogP contribution in [0, 0.1) is 0 Å². The van der Waals surface area contributed by atoms with E-state index in [9.17, 15) is 13.2 Å². The Morgan fingerprint density at radius 2 is 2.19 bits per heavy atom. The fourth-order valence-corrected chi connectivity index (χ4v) is 1.47. The molecule has 0 saturated heterocycles. The normalized spacial score (nSPS) is 11.4. The first-order valence-corrected chi connectivity index (χ1v) is 6.51. The molecule has 0 aromatic carbocycles. The Hall–Kier alpha value is -1.34. The molecule has 0 aliphatic carbocycles. The van der Waals surface area contributed by atoms with E-state index < -0.39 is 15.9 Å². The zero-order valence-corrected chi connectivity index (χ0v) is 9.71. The number of amides is 1. The Balaban J connectivity index is 2.47. The van der Waals surface area contributed by atoms with Gasteiger partial charge in [0.25, 0.3) is 5.91 Å². The molecule has 1 aromatic rings. The van der Waals surface area contributed by atoms with Crippen molar-refractivity contribution >= 4 is 15.9 Å². The molecule has 3 N–H and O–H groups in total. The number of primary sulfonamides is 1. The number of furan rings is 1. The molecule has 7 heteroatoms. The quantitative estimate of drug-likeness (QED) is 0.754. The van der Waals surface area contributed by atoms with Gasteiger partial charge in [-0.3, -0.25) is 4.79 Å². The summed E-state index contributed by atoms with van der Waals surface area (Å²) in [4.78, 5) is 11.4. The SMILES string of the molecule is CCc1ccc(C(=O)NCCS(N)(=O)=O)o1. The summed E-state index contributed by atoms with van der Waals surface area (Å²) in [6.45, 7) is 1.88. The molecule has 0 saturated carbocycles. The van der Waals surface area contributed by atoms with Gasteiger partial charge in [0.15, 0.2) is 5.76 Å². The molecule has 0 spiro atoms. The van der Waals surface area contributed by atoms with E-state index in [0.29, 0.717) is 12.2 Å². The first kappa shape index (κ1) is 12.7. The molecule has 0 aliphatic heterocycles. The van der Waals surface area contributed by atoms with Crippen LogP contribution < -0.4 is 10.5 Å². The number of carbonyl (C=O) groups is 1. The highest BCUT2D eigenvalue weighted by Gasteiger charge is 2.11. The fourth-order valence-electron chi connectivity index (χ4n) is 1.08. The number of nitrogens with one attached hydrogen (secondary N) is 1. The van der Waals surface area contributed by atoms with E-state index >= 15 is 0 Å². The molecular formula is C9H14N2O4S. The summed E-state index contributed by atoms with van der Waals surface area (Å²) in [7, 11) is -3.55. The van der Waals surface area contributed by atoms with Gasteiger partial charge in [0.2, 0.25) is 10.0 Å². The number of sulfonamides is 1. The van der Waals surface area contributed by atoms with Crippen LogP contribution in [0.5, 0.6) is 0 Å². The number of aryl methyl sites for hydroxylation is 1. The largest absolute Gasteiger partial charge is 0.456 e. The first-order chi connectivity index (χ1) is 7.42. The van der Waals surface area contributed by atoms with E-state index in [1.54, 1.807) is 12.1 Å². The van der Waals surface area contributed by atoms with Crippen LogP contribution in [-0.2, 0) is 16.4 Å². The van der Waals surface area contributed by atoms with Crippen molar-refractivity contribution in [2.45, 2.75) is 13.3 Å². The minimum atomic E-state index is -3.55. The molecule has 0 aliphatic rings. The van der Waals surface area contributed by atoms with Gasteiger partial charge in [-0.1, -0.05) is 6.92 Å². The molecule has 0 atom stereocenters. The second kappa shape index (κ2) is 5.13. The van der Waals surface area contributed by atoms with Gasteiger partial charge in [-0.2, -0.15) is 0 Å². The van der Waals surface area contributed by atoms with Crippen molar-refractivity contribution in [1.82, 2.24) is 5.32 Å². The second-order valence-corrected chi connectivity index (χ2v) is 4.98. The molecule has 16 heavy (non-hydrogen) atoms. The molecule has 1 heterocycles. The average molecular weight is 246 g/mol. The smallest absolute Gasteiger partial charge is 0.287 e. The molecule has 0 bridgehead atoms. The van der Waals surface area contributed by atoms with Crippen LogP contribution in [0.1, 0.15) is 23.2 Å². The number of hydrogen-bond donors (Lipinski definition) is 2. The standard InChI is InChI=1S/C9H14N2O4S/c1-2-7-3-4-8(15-7)9(12)11-5-6-16(10,13)14/h3-4H,2,5-6H2,1H3,(H,11,12)(H2,10,13,14). The Labute approximate surface area is 93.9 Å². The van der Waals surface area contributed by atoms with Crippen LogP contribution in [0.25, 0.3) is 0 Å². The monoisotopic (exact) mass is 246 g/mol. The lowest BCUT2D eigenvalue weighted by Crippen LogP contribution is -2.31. The van der Waals surface area contributed by atoms with Crippen LogP contribution >= 0.6 is 0 Å². The third kappa shape index (κ3) is 4.03. The van der Waals surface area contributed by atoms with Gasteiger partial charge in [0.05, 0.1) is 5.75 Å². The molecule has 0 fully saturated rings. The number of hydrogen-bond acceptors (Lipinski definition) is 4. The molecule has 1 rings (SSSR count). The maximum absolute atomic E-state index is 11.4. The topological polar surface area (TPSA) is 102 Å². The van der Waals surface area contributed by atoms with Crippen molar-refractivity contribution in [3.63, 3.8) is 0 Å². The third-order valence-electron chi connectivity index (χ3n) is 1.91. The molecule has 0 radical (unpaired) electrons. The average Bonchev–Trinajstić information content (AvgIpc) is 2.63. The fraction of sp³-hybridized carbons (Fsp3) is 0.444. The van der Waals surface area contributed by atoms with Crippen molar-refractivity contribution < 1.29 is 17.6 Å². The predicted octanol–water partition coefficient (Wildman–Crippen LogP) is -0.140. The second-order valence-electron chi connectivity index (χ2n) is 3.24. The zero-order chi connectivity index (χ0) is 12.2. The summed E-state index contributed by atoms with van der Waals surface area (Å²) >= 11 is 0. The minimum Gasteiger partial charge on any atom is -0.456 e. The van der Waals surface area contributed by atoms with Crippen molar-refractivity contribution in [2.24, 2.45) is 5.14 Å². The third-order valence-corrected chi connectivity index (χ3v) is 2.68. The summed E-state index contributed by atoms with van der Waals surface area (Å²) in [6.07, 6.45) is 0.699. The zero-order valence-electron chi connectivity index (χ0n) is 8.89. The van der Waals surface area contributed by atoms with E-state index in [0.717, 1.165) is 0 Å². The number of nitrogens with two attached hydrogens (primary N) is 1. The summed E-state index contributed by atoms with van der Waals surface area (Å²) < 4.78 is 26.4. The summed E-state index contributed by atoms with van der Waals surface area (Å²) in [6, 6.07) is 3.25. The van der Waals surface area contributed by atoms with Gasteiger partial charge in [-0.15, -0.1) is 0 Å². The van der Waals surface area contributed by atoms with Gasteiger partial charge in [0, 0.05) is 13.0 Å². The Morgan fingerprint density at radius 1 is 1.50 bits per heavy atom. The Morgan fingerprint density at radius 3 is 2.69 bits per heavy atom. The molecule has 6 nitrogen and oxygen atoms in total. The lowest BCUT2D eigenvalue weighted by molar-refractivity contribution is 0.0927. The molecule has 1 amide bonds. The Kier molecular flexibility index (Phi) is 4.08. The van der Waals surface area contributed by atoms with Gasteiger partial charge in [0.1, 0.15) is 5.76 Å². The van der Waals surface area contributed by atoms with Crippen molar-refractivity contribution in [2.75, 3.05) is 12.3 Å². The first-order valence-electron chi connectivity index (χ1n) is 4.79. The summed E-state index contributed by atoms with van der Waals surface area (Å²) in [5, 5.41) is 7.18. The maximum Gasteiger partial charge on any atom is 0.287 e. The molecular weight excluding hydrogens is 232 g/mol. The lowest BCUT2D eigenvalue weighted by atomic mass is 10.3. The van der Waals surface area contributed by atoms with E-state index in [-0.39, 0.29) is 18.1 Å². The predicted molar refractivity (Wildman–Crippen MR) is 58.4 cm³/mol. The Bertz CT molecular complexity index is 464. The molecule has 0 unspecified atom stereocenters. The van der Waals surface area contributed by atoms with E-state index in [1.807, 2.05) is 6.92 Å². The van der Waals surface area contributed by atoms with E-state index in [4.69, 9.17) is 9.56 Å². The highest BCUT2D eigenvalue weighted by molar-refractivity contribution is 7.89. The van der Waals surface area contributed by atoms with Crippen LogP contribution in [0.2, 0.25) is 0 Å². The summed E-state index contributed by atoms with van der Waals surface area (Å²) in [5.41, 5.74) is 0. The highest BCUT2D eigenvalue weighted by Crippen LogP contribution is 2.07.